The van der Waals surface area contributed by atoms with Crippen LogP contribution in [0.15, 0.2) is 36.4 Å². The fourth-order valence-electron chi connectivity index (χ4n) is 2.44. The Bertz CT molecular complexity index is 775. The molecule has 0 N–H and O–H groups in total. The lowest BCUT2D eigenvalue weighted by Crippen LogP contribution is -1.99. The van der Waals surface area contributed by atoms with Gasteiger partial charge in [-0.3, -0.25) is 0 Å². The van der Waals surface area contributed by atoms with Crippen molar-refractivity contribution in [2.24, 2.45) is 0 Å². The molecule has 1 heterocycles. The first-order chi connectivity index (χ1) is 11.2. The lowest BCUT2D eigenvalue weighted by molar-refractivity contribution is 0.0714. The predicted molar refractivity (Wildman–Crippen MR) is 85.8 cm³/mol. The maximum Gasteiger partial charge on any atom is 0.348 e. The van der Waals surface area contributed by atoms with Crippen LogP contribution in [0.4, 0.5) is 0 Å². The summed E-state index contributed by atoms with van der Waals surface area (Å²) in [5.74, 6) is 1.83. The molecule has 0 aromatic heterocycles. The monoisotopic (exact) mass is 312 g/mol. The third kappa shape index (κ3) is 2.73. The number of rotatable bonds is 4. The second-order valence-corrected chi connectivity index (χ2v) is 4.92. The smallest absolute Gasteiger partial charge is 0.348 e. The fourth-order valence-corrected chi connectivity index (χ4v) is 2.44. The lowest BCUT2D eigenvalue weighted by Gasteiger charge is -2.07. The van der Waals surface area contributed by atoms with Gasteiger partial charge in [0.2, 0.25) is 0 Å². The number of benzene rings is 2. The van der Waals surface area contributed by atoms with Crippen molar-refractivity contribution in [3.63, 3.8) is 0 Å². The molecular weight excluding hydrogens is 296 g/mol. The molecule has 1 aliphatic rings. The van der Waals surface area contributed by atoms with Gasteiger partial charge < -0.3 is 18.9 Å². The Morgan fingerprint density at radius 3 is 2.22 bits per heavy atom. The number of esters is 1. The van der Waals surface area contributed by atoms with Gasteiger partial charge in [0.05, 0.1) is 21.3 Å². The van der Waals surface area contributed by atoms with Gasteiger partial charge >= 0.3 is 5.97 Å². The summed E-state index contributed by atoms with van der Waals surface area (Å²) in [5.41, 5.74) is 1.96. The van der Waals surface area contributed by atoms with Crippen LogP contribution >= 0.6 is 0 Å². The Labute approximate surface area is 134 Å². The van der Waals surface area contributed by atoms with E-state index in [0.717, 1.165) is 11.3 Å². The molecule has 0 aliphatic carbocycles. The number of carbonyl (C=O) groups is 1. The van der Waals surface area contributed by atoms with Crippen LogP contribution in [0.5, 0.6) is 17.2 Å². The van der Waals surface area contributed by atoms with E-state index in [1.807, 2.05) is 24.3 Å². The summed E-state index contributed by atoms with van der Waals surface area (Å²) in [4.78, 5) is 12.1. The van der Waals surface area contributed by atoms with Crippen LogP contribution < -0.4 is 14.2 Å². The maximum absolute atomic E-state index is 12.1. The topological polar surface area (TPSA) is 54.0 Å². The van der Waals surface area contributed by atoms with Gasteiger partial charge in [-0.2, -0.15) is 0 Å². The first-order valence-electron chi connectivity index (χ1n) is 7.00. The van der Waals surface area contributed by atoms with Gasteiger partial charge in [0.25, 0.3) is 0 Å². The average Bonchev–Trinajstić information content (AvgIpc) is 2.90. The van der Waals surface area contributed by atoms with E-state index in [1.54, 1.807) is 32.4 Å². The van der Waals surface area contributed by atoms with E-state index in [9.17, 15) is 4.79 Å². The minimum Gasteiger partial charge on any atom is -0.497 e. The molecule has 2 aromatic rings. The summed E-state index contributed by atoms with van der Waals surface area (Å²) in [6, 6.07) is 10.9. The van der Waals surface area contributed by atoms with Crippen molar-refractivity contribution in [2.75, 3.05) is 21.3 Å². The zero-order valence-electron chi connectivity index (χ0n) is 13.1. The molecule has 0 radical (unpaired) electrons. The number of carbonyl (C=O) groups excluding carboxylic acids is 1. The molecule has 0 fully saturated rings. The molecule has 0 bridgehead atoms. The Balaban J connectivity index is 2.07. The number of ether oxygens (including phenoxy) is 4. The predicted octanol–water partition coefficient (Wildman–Crippen LogP) is 3.38. The van der Waals surface area contributed by atoms with Crippen LogP contribution in [0.3, 0.4) is 0 Å². The minimum atomic E-state index is -0.431. The molecule has 5 nitrogen and oxygen atoms in total. The SMILES string of the molecule is COc1ccc(C=C2OC(=O)c3c(OC)cc(OC)cc32)cc1. The normalized spacial score (nSPS) is 14.4. The van der Waals surface area contributed by atoms with Crippen LogP contribution in [0.2, 0.25) is 0 Å². The molecule has 3 rings (SSSR count). The van der Waals surface area contributed by atoms with Crippen LogP contribution in [0.1, 0.15) is 21.5 Å². The van der Waals surface area contributed by atoms with Gasteiger partial charge in [-0.1, -0.05) is 12.1 Å². The number of methoxy groups -OCH3 is 3. The summed E-state index contributed by atoms with van der Waals surface area (Å²) < 4.78 is 21.1. The van der Waals surface area contributed by atoms with E-state index < -0.39 is 5.97 Å². The Morgan fingerprint density at radius 1 is 0.913 bits per heavy atom. The van der Waals surface area contributed by atoms with Gasteiger partial charge in [-0.15, -0.1) is 0 Å². The summed E-state index contributed by atoms with van der Waals surface area (Å²) in [7, 11) is 4.68. The average molecular weight is 312 g/mol. The molecule has 0 spiro atoms. The summed E-state index contributed by atoms with van der Waals surface area (Å²) >= 11 is 0. The minimum absolute atomic E-state index is 0.410. The van der Waals surface area contributed by atoms with Gasteiger partial charge in [-0.25, -0.2) is 4.79 Å². The van der Waals surface area contributed by atoms with Crippen molar-refractivity contribution in [1.82, 2.24) is 0 Å². The van der Waals surface area contributed by atoms with E-state index >= 15 is 0 Å². The Kier molecular flexibility index (Phi) is 3.93. The quantitative estimate of drug-likeness (QED) is 0.810. The number of hydrogen-bond donors (Lipinski definition) is 0. The van der Waals surface area contributed by atoms with E-state index in [4.69, 9.17) is 18.9 Å². The highest BCUT2D eigenvalue weighted by Crippen LogP contribution is 2.40. The highest BCUT2D eigenvalue weighted by atomic mass is 16.5. The second kappa shape index (κ2) is 6.04. The van der Waals surface area contributed by atoms with Crippen LogP contribution in [-0.2, 0) is 4.74 Å². The van der Waals surface area contributed by atoms with Crippen LogP contribution in [-0.4, -0.2) is 27.3 Å². The number of fused-ring (bicyclic) bond motifs is 1. The van der Waals surface area contributed by atoms with Crippen molar-refractivity contribution in [2.45, 2.75) is 0 Å². The molecule has 1 aliphatic heterocycles. The fraction of sp³-hybridized carbons (Fsp3) is 0.167. The van der Waals surface area contributed by atoms with Gasteiger partial charge in [0, 0.05) is 11.6 Å². The summed E-state index contributed by atoms with van der Waals surface area (Å²) in [6.45, 7) is 0. The molecule has 0 amide bonds. The van der Waals surface area contributed by atoms with E-state index in [0.29, 0.717) is 28.4 Å². The number of cyclic esters (lactones) is 1. The molecule has 2 aromatic carbocycles. The molecular formula is C18H16O5. The van der Waals surface area contributed by atoms with Crippen molar-refractivity contribution in [3.05, 3.63) is 53.1 Å². The zero-order chi connectivity index (χ0) is 16.4. The Hall–Kier alpha value is -2.95. The molecule has 0 atom stereocenters. The van der Waals surface area contributed by atoms with Gasteiger partial charge in [0.1, 0.15) is 28.6 Å². The Morgan fingerprint density at radius 2 is 1.61 bits per heavy atom. The highest BCUT2D eigenvalue weighted by molar-refractivity contribution is 6.08. The van der Waals surface area contributed by atoms with Crippen molar-refractivity contribution < 1.29 is 23.7 Å². The van der Waals surface area contributed by atoms with Crippen molar-refractivity contribution in [1.29, 1.82) is 0 Å². The first-order valence-corrected chi connectivity index (χ1v) is 7.00. The molecule has 0 unspecified atom stereocenters. The largest absolute Gasteiger partial charge is 0.497 e. The van der Waals surface area contributed by atoms with Crippen molar-refractivity contribution in [3.8, 4) is 17.2 Å². The summed E-state index contributed by atoms with van der Waals surface area (Å²) in [6.07, 6.45) is 1.79. The molecule has 0 saturated heterocycles. The molecule has 0 saturated carbocycles. The third-order valence-electron chi connectivity index (χ3n) is 3.62. The van der Waals surface area contributed by atoms with Crippen LogP contribution in [0, 0.1) is 0 Å². The van der Waals surface area contributed by atoms with Gasteiger partial charge in [-0.05, 0) is 29.8 Å². The van der Waals surface area contributed by atoms with E-state index in [1.165, 1.54) is 7.11 Å². The second-order valence-electron chi connectivity index (χ2n) is 4.92. The molecule has 5 heteroatoms. The number of hydrogen-bond acceptors (Lipinski definition) is 5. The van der Waals surface area contributed by atoms with Crippen molar-refractivity contribution >= 4 is 17.8 Å². The highest BCUT2D eigenvalue weighted by Gasteiger charge is 2.31. The van der Waals surface area contributed by atoms with E-state index in [-0.39, 0.29) is 0 Å². The summed E-state index contributed by atoms with van der Waals surface area (Å²) in [5, 5.41) is 0. The van der Waals surface area contributed by atoms with E-state index in [2.05, 4.69) is 0 Å². The molecule has 118 valence electrons. The zero-order valence-corrected chi connectivity index (χ0v) is 13.1. The lowest BCUT2D eigenvalue weighted by atomic mass is 10.0. The third-order valence-corrected chi connectivity index (χ3v) is 3.62. The molecule has 23 heavy (non-hydrogen) atoms. The first kappa shape index (κ1) is 15.0. The van der Waals surface area contributed by atoms with Gasteiger partial charge in [0.15, 0.2) is 0 Å². The standard InChI is InChI=1S/C18H16O5/c1-20-12-6-4-11(5-7-12)8-15-14-9-13(21-2)10-16(22-3)17(14)18(19)23-15/h4-10H,1-3H3. The maximum atomic E-state index is 12.1. The van der Waals surface area contributed by atoms with Crippen LogP contribution in [0.25, 0.3) is 11.8 Å².